The molecule has 5 rings (SSSR count). The summed E-state index contributed by atoms with van der Waals surface area (Å²) < 4.78 is 13.2. The summed E-state index contributed by atoms with van der Waals surface area (Å²) in [6.07, 6.45) is 2.38. The van der Waals surface area contributed by atoms with Crippen LogP contribution in [0.4, 0.5) is 4.79 Å². The number of carbonyl (C=O) groups is 3. The summed E-state index contributed by atoms with van der Waals surface area (Å²) in [4.78, 5) is 41.7. The molecule has 3 aromatic carbocycles. The van der Waals surface area contributed by atoms with Crippen molar-refractivity contribution in [3.63, 3.8) is 0 Å². The highest BCUT2D eigenvalue weighted by Crippen LogP contribution is 2.39. The number of carbonyl (C=O) groups excluding carboxylic acids is 3. The highest BCUT2D eigenvalue weighted by atomic mass is 79.9. The highest BCUT2D eigenvalue weighted by molar-refractivity contribution is 9.10. The standard InChI is InChI=1S/C29H24Br2N2O5S/c1-37-24-13-19(12-23(31)27(24)38-17-18-6-8-22(30)9-7-18)14-25-28(35)33(29(36)39-25)16-26(34)32-11-10-20-4-2-3-5-21(20)15-32/h2-9,12-14H,10-11,15-17H2,1H3/b25-14+. The average Bonchev–Trinajstić information content (AvgIpc) is 3.19. The van der Waals surface area contributed by atoms with Gasteiger partial charge in [0, 0.05) is 17.6 Å². The van der Waals surface area contributed by atoms with E-state index in [-0.39, 0.29) is 17.4 Å². The minimum atomic E-state index is -0.485. The van der Waals surface area contributed by atoms with Crippen LogP contribution in [0.25, 0.3) is 6.08 Å². The number of ether oxygens (including phenoxy) is 2. The number of imide groups is 1. The van der Waals surface area contributed by atoms with Crippen molar-refractivity contribution < 1.29 is 23.9 Å². The largest absolute Gasteiger partial charge is 0.493 e. The van der Waals surface area contributed by atoms with Gasteiger partial charge in [0.1, 0.15) is 13.2 Å². The Balaban J connectivity index is 1.27. The van der Waals surface area contributed by atoms with Crippen LogP contribution >= 0.6 is 43.6 Å². The third kappa shape index (κ3) is 6.23. The van der Waals surface area contributed by atoms with E-state index in [1.165, 1.54) is 12.7 Å². The van der Waals surface area contributed by atoms with E-state index in [9.17, 15) is 14.4 Å². The molecule has 0 unspecified atom stereocenters. The molecule has 0 radical (unpaired) electrons. The van der Waals surface area contributed by atoms with Crippen molar-refractivity contribution in [2.45, 2.75) is 19.6 Å². The molecule has 3 aromatic rings. The third-order valence-corrected chi connectivity index (χ3v) is 8.52. The molecular formula is C29H24Br2N2O5S. The maximum absolute atomic E-state index is 13.1. The van der Waals surface area contributed by atoms with Gasteiger partial charge in [0.05, 0.1) is 16.5 Å². The van der Waals surface area contributed by atoms with Crippen LogP contribution < -0.4 is 9.47 Å². The summed E-state index contributed by atoms with van der Waals surface area (Å²) in [5, 5.41) is -0.461. The fourth-order valence-corrected chi connectivity index (χ4v) is 6.11. The second kappa shape index (κ2) is 12.0. The van der Waals surface area contributed by atoms with Gasteiger partial charge in [0.2, 0.25) is 5.91 Å². The SMILES string of the molecule is COc1cc(/C=C2/SC(=O)N(CC(=O)N3CCc4ccccc4C3)C2=O)cc(Br)c1OCc1ccc(Br)cc1. The number of hydrogen-bond acceptors (Lipinski definition) is 6. The number of benzene rings is 3. The first-order valence-corrected chi connectivity index (χ1v) is 14.6. The van der Waals surface area contributed by atoms with Crippen LogP contribution in [0.1, 0.15) is 22.3 Å². The molecule has 10 heteroatoms. The third-order valence-electron chi connectivity index (χ3n) is 6.50. The number of halogens is 2. The number of rotatable bonds is 7. The zero-order valence-corrected chi connectivity index (χ0v) is 25.0. The molecule has 0 saturated carbocycles. The monoisotopic (exact) mass is 670 g/mol. The molecule has 1 saturated heterocycles. The molecule has 0 aromatic heterocycles. The average molecular weight is 672 g/mol. The number of fused-ring (bicyclic) bond motifs is 1. The molecule has 2 heterocycles. The fourth-order valence-electron chi connectivity index (χ4n) is 4.43. The Morgan fingerprint density at radius 1 is 1.05 bits per heavy atom. The molecular weight excluding hydrogens is 648 g/mol. The molecule has 0 aliphatic carbocycles. The van der Waals surface area contributed by atoms with Gasteiger partial charge in [-0.3, -0.25) is 19.3 Å². The minimum absolute atomic E-state index is 0.245. The van der Waals surface area contributed by atoms with E-state index in [0.29, 0.717) is 41.2 Å². The molecule has 200 valence electrons. The van der Waals surface area contributed by atoms with Crippen LogP contribution in [0.3, 0.4) is 0 Å². The van der Waals surface area contributed by atoms with Gasteiger partial charge in [-0.1, -0.05) is 52.3 Å². The van der Waals surface area contributed by atoms with Gasteiger partial charge in [-0.25, -0.2) is 0 Å². The number of thioether (sulfide) groups is 1. The summed E-state index contributed by atoms with van der Waals surface area (Å²) >= 11 is 7.79. The second-order valence-corrected chi connectivity index (χ2v) is 11.8. The van der Waals surface area contributed by atoms with Gasteiger partial charge in [-0.2, -0.15) is 0 Å². The van der Waals surface area contributed by atoms with Crippen molar-refractivity contribution in [2.75, 3.05) is 20.2 Å². The van der Waals surface area contributed by atoms with E-state index in [1.807, 2.05) is 42.5 Å². The van der Waals surface area contributed by atoms with E-state index < -0.39 is 11.1 Å². The molecule has 0 atom stereocenters. The lowest BCUT2D eigenvalue weighted by atomic mass is 10.00. The van der Waals surface area contributed by atoms with Gasteiger partial charge >= 0.3 is 0 Å². The number of nitrogens with zero attached hydrogens (tertiary/aromatic N) is 2. The van der Waals surface area contributed by atoms with E-state index in [1.54, 1.807) is 23.1 Å². The van der Waals surface area contributed by atoms with Crippen LogP contribution in [0.15, 0.2) is 74.5 Å². The van der Waals surface area contributed by atoms with Crippen molar-refractivity contribution in [1.29, 1.82) is 0 Å². The Morgan fingerprint density at radius 2 is 1.79 bits per heavy atom. The maximum Gasteiger partial charge on any atom is 0.294 e. The predicted octanol–water partition coefficient (Wildman–Crippen LogP) is 6.42. The van der Waals surface area contributed by atoms with Crippen LogP contribution in [-0.2, 0) is 29.2 Å². The molecule has 39 heavy (non-hydrogen) atoms. The molecule has 1 fully saturated rings. The number of amides is 3. The van der Waals surface area contributed by atoms with Crippen LogP contribution in [0.2, 0.25) is 0 Å². The Kier molecular flexibility index (Phi) is 8.44. The Bertz CT molecular complexity index is 1470. The maximum atomic E-state index is 13.1. The van der Waals surface area contributed by atoms with Crippen molar-refractivity contribution in [3.05, 3.63) is 96.8 Å². The van der Waals surface area contributed by atoms with E-state index >= 15 is 0 Å². The van der Waals surface area contributed by atoms with Gasteiger partial charge in [0.25, 0.3) is 11.1 Å². The van der Waals surface area contributed by atoms with Crippen LogP contribution in [0.5, 0.6) is 11.5 Å². The smallest absolute Gasteiger partial charge is 0.294 e. The summed E-state index contributed by atoms with van der Waals surface area (Å²) in [5.74, 6) is 0.276. The summed E-state index contributed by atoms with van der Waals surface area (Å²) in [5.41, 5.74) is 3.96. The molecule has 0 spiro atoms. The topological polar surface area (TPSA) is 76.2 Å². The first-order chi connectivity index (χ1) is 18.8. The second-order valence-electron chi connectivity index (χ2n) is 9.05. The molecule has 0 N–H and O–H groups in total. The van der Waals surface area contributed by atoms with Crippen LogP contribution in [-0.4, -0.2) is 47.1 Å². The quantitative estimate of drug-likeness (QED) is 0.270. The van der Waals surface area contributed by atoms with Gasteiger partial charge < -0.3 is 14.4 Å². The normalized spacial score (nSPS) is 16.0. The van der Waals surface area contributed by atoms with E-state index in [0.717, 1.165) is 38.7 Å². The summed E-state index contributed by atoms with van der Waals surface area (Å²) in [6, 6.07) is 19.3. The predicted molar refractivity (Wildman–Crippen MR) is 157 cm³/mol. The fraction of sp³-hybridized carbons (Fsp3) is 0.207. The van der Waals surface area contributed by atoms with E-state index in [4.69, 9.17) is 9.47 Å². The van der Waals surface area contributed by atoms with E-state index in [2.05, 4.69) is 37.9 Å². The van der Waals surface area contributed by atoms with Crippen molar-refractivity contribution in [2.24, 2.45) is 0 Å². The van der Waals surface area contributed by atoms with Crippen molar-refractivity contribution in [3.8, 4) is 11.5 Å². The zero-order chi connectivity index (χ0) is 27.5. The zero-order valence-electron chi connectivity index (χ0n) is 21.0. The lowest BCUT2D eigenvalue weighted by molar-refractivity contribution is -0.136. The molecule has 2 aliphatic heterocycles. The molecule has 7 nitrogen and oxygen atoms in total. The molecule has 3 amide bonds. The molecule has 0 bridgehead atoms. The number of hydrogen-bond donors (Lipinski definition) is 0. The van der Waals surface area contributed by atoms with Crippen molar-refractivity contribution in [1.82, 2.24) is 9.80 Å². The minimum Gasteiger partial charge on any atom is -0.493 e. The van der Waals surface area contributed by atoms with Gasteiger partial charge in [-0.05, 0) is 86.7 Å². The lowest BCUT2D eigenvalue weighted by Gasteiger charge is -2.29. The Labute approximate surface area is 247 Å². The lowest BCUT2D eigenvalue weighted by Crippen LogP contribution is -2.44. The van der Waals surface area contributed by atoms with Crippen molar-refractivity contribution >= 4 is 66.8 Å². The van der Waals surface area contributed by atoms with Gasteiger partial charge in [-0.15, -0.1) is 0 Å². The first-order valence-electron chi connectivity index (χ1n) is 12.2. The van der Waals surface area contributed by atoms with Crippen LogP contribution in [0, 0.1) is 0 Å². The van der Waals surface area contributed by atoms with Gasteiger partial charge in [0.15, 0.2) is 11.5 Å². The highest BCUT2D eigenvalue weighted by Gasteiger charge is 2.37. The Hall–Kier alpha value is -3.08. The molecule has 2 aliphatic rings. The summed E-state index contributed by atoms with van der Waals surface area (Å²) in [7, 11) is 1.54. The number of methoxy groups -OCH3 is 1. The summed E-state index contributed by atoms with van der Waals surface area (Å²) in [6.45, 7) is 1.11. The first kappa shape index (κ1) is 27.5. The Morgan fingerprint density at radius 3 is 2.54 bits per heavy atom.